The molecule has 2 amide bonds. The molecule has 1 aromatic heterocycles. The Balaban J connectivity index is 1.42. The van der Waals surface area contributed by atoms with Crippen molar-refractivity contribution in [2.45, 2.75) is 51.3 Å². The topological polar surface area (TPSA) is 96.7 Å². The van der Waals surface area contributed by atoms with Crippen LogP contribution in [0.1, 0.15) is 44.3 Å². The second kappa shape index (κ2) is 6.57. The Kier molecular flexibility index (Phi) is 4.38. The number of carboxylic acid groups (broad SMARTS) is 1. The number of aryl methyl sites for hydroxylation is 1. The summed E-state index contributed by atoms with van der Waals surface area (Å²) in [5.41, 5.74) is 0.223. The molecular weight excluding hydrogens is 336 g/mol. The van der Waals surface area contributed by atoms with E-state index in [1.165, 1.54) is 0 Å². The van der Waals surface area contributed by atoms with Crippen molar-refractivity contribution in [1.29, 1.82) is 0 Å². The number of nitrogens with one attached hydrogen (secondary N) is 1. The molecule has 4 rings (SSSR count). The highest BCUT2D eigenvalue weighted by Gasteiger charge is 2.56. The van der Waals surface area contributed by atoms with Crippen LogP contribution in [-0.2, 0) is 16.1 Å². The van der Waals surface area contributed by atoms with E-state index in [2.05, 4.69) is 10.4 Å². The Bertz CT molecular complexity index is 705. The Morgan fingerprint density at radius 1 is 1.46 bits per heavy atom. The number of amides is 2. The minimum atomic E-state index is -0.760. The molecule has 0 radical (unpaired) electrons. The molecule has 1 aliphatic carbocycles. The first-order chi connectivity index (χ1) is 12.5. The first kappa shape index (κ1) is 17.3. The van der Waals surface area contributed by atoms with Crippen molar-refractivity contribution in [3.8, 4) is 0 Å². The maximum Gasteiger partial charge on any atom is 0.317 e. The summed E-state index contributed by atoms with van der Waals surface area (Å²) in [6.07, 6.45) is 6.79. The maximum atomic E-state index is 12.8. The van der Waals surface area contributed by atoms with E-state index in [0.717, 1.165) is 31.4 Å². The summed E-state index contributed by atoms with van der Waals surface area (Å²) < 4.78 is 7.67. The van der Waals surface area contributed by atoms with Crippen LogP contribution in [0.25, 0.3) is 0 Å². The molecule has 26 heavy (non-hydrogen) atoms. The lowest BCUT2D eigenvalue weighted by atomic mass is 9.81. The van der Waals surface area contributed by atoms with Gasteiger partial charge in [0.15, 0.2) is 0 Å². The third-order valence-corrected chi connectivity index (χ3v) is 6.29. The fraction of sp³-hybridized carbons (Fsp3) is 0.722. The number of aliphatic carboxylic acids is 1. The number of aromatic nitrogens is 2. The van der Waals surface area contributed by atoms with Crippen LogP contribution in [0.5, 0.6) is 0 Å². The number of fused-ring (bicyclic) bond motifs is 1. The molecule has 4 atom stereocenters. The lowest BCUT2D eigenvalue weighted by Gasteiger charge is -2.25. The first-order valence-corrected chi connectivity index (χ1v) is 9.46. The molecule has 3 aliphatic rings. The Morgan fingerprint density at radius 2 is 2.31 bits per heavy atom. The number of ether oxygens (including phenoxy) is 1. The van der Waals surface area contributed by atoms with E-state index in [1.54, 1.807) is 11.1 Å². The van der Waals surface area contributed by atoms with Crippen molar-refractivity contribution in [2.24, 2.45) is 11.3 Å². The largest absolute Gasteiger partial charge is 0.481 e. The molecule has 3 heterocycles. The molecule has 2 saturated heterocycles. The van der Waals surface area contributed by atoms with Crippen molar-refractivity contribution in [3.05, 3.63) is 18.0 Å². The predicted octanol–water partition coefficient (Wildman–Crippen LogP) is 1.63. The summed E-state index contributed by atoms with van der Waals surface area (Å²) in [6.45, 7) is 4.24. The monoisotopic (exact) mass is 362 g/mol. The minimum absolute atomic E-state index is 0.0733. The van der Waals surface area contributed by atoms with E-state index >= 15 is 0 Å². The molecule has 1 aromatic rings. The highest BCUT2D eigenvalue weighted by atomic mass is 16.5. The highest BCUT2D eigenvalue weighted by molar-refractivity contribution is 5.80. The van der Waals surface area contributed by atoms with Gasteiger partial charge in [-0.3, -0.25) is 9.48 Å². The van der Waals surface area contributed by atoms with E-state index in [1.807, 2.05) is 17.8 Å². The van der Waals surface area contributed by atoms with Crippen molar-refractivity contribution in [3.63, 3.8) is 0 Å². The summed E-state index contributed by atoms with van der Waals surface area (Å²) in [4.78, 5) is 26.3. The standard InChI is InChI=1S/C18H26N4O4/c1-2-22-9-12(8-19-22)15-14(5-7-26-15)20-17(25)21-10-13-4-3-6-18(13,11-21)16(23)24/h8-9,13-15H,2-7,10-11H2,1H3,(H,20,25)(H,23,24)/t13-,14-,15+,18+/m0/s1. The third-order valence-electron chi connectivity index (χ3n) is 6.29. The molecule has 142 valence electrons. The molecule has 1 saturated carbocycles. The van der Waals surface area contributed by atoms with E-state index in [0.29, 0.717) is 26.1 Å². The Hall–Kier alpha value is -2.09. The fourth-order valence-corrected chi connectivity index (χ4v) is 4.81. The van der Waals surface area contributed by atoms with Crippen LogP contribution in [0.2, 0.25) is 0 Å². The summed E-state index contributed by atoms with van der Waals surface area (Å²) in [7, 11) is 0. The molecule has 0 spiro atoms. The van der Waals surface area contributed by atoms with Crippen LogP contribution in [0.4, 0.5) is 4.79 Å². The highest BCUT2D eigenvalue weighted by Crippen LogP contribution is 2.48. The van der Waals surface area contributed by atoms with E-state index < -0.39 is 11.4 Å². The molecule has 8 nitrogen and oxygen atoms in total. The predicted molar refractivity (Wildman–Crippen MR) is 92.5 cm³/mol. The summed E-state index contributed by atoms with van der Waals surface area (Å²) in [5, 5.41) is 17.0. The van der Waals surface area contributed by atoms with Crippen molar-refractivity contribution in [2.75, 3.05) is 19.7 Å². The SMILES string of the molecule is CCn1cc([C@H]2OCC[C@@H]2NC(=O)N2C[C@@H]3CCC[C@@]3(C(=O)O)C2)cn1. The molecule has 0 aromatic carbocycles. The van der Waals surface area contributed by atoms with Gasteiger partial charge in [0.1, 0.15) is 6.10 Å². The van der Waals surface area contributed by atoms with Gasteiger partial charge in [-0.25, -0.2) is 4.79 Å². The molecule has 0 bridgehead atoms. The van der Waals surface area contributed by atoms with Gasteiger partial charge in [0, 0.05) is 38.0 Å². The van der Waals surface area contributed by atoms with Gasteiger partial charge < -0.3 is 20.1 Å². The summed E-state index contributed by atoms with van der Waals surface area (Å²) in [5.74, 6) is -0.687. The lowest BCUT2D eigenvalue weighted by Crippen LogP contribution is -2.46. The number of carboxylic acids is 1. The fourth-order valence-electron chi connectivity index (χ4n) is 4.81. The second-order valence-corrected chi connectivity index (χ2v) is 7.70. The third kappa shape index (κ3) is 2.76. The quantitative estimate of drug-likeness (QED) is 0.849. The zero-order valence-corrected chi connectivity index (χ0v) is 15.1. The van der Waals surface area contributed by atoms with Crippen LogP contribution in [0.15, 0.2) is 12.4 Å². The number of hydrogen-bond acceptors (Lipinski definition) is 4. The molecule has 2 N–H and O–H groups in total. The Labute approximate surface area is 152 Å². The molecule has 8 heteroatoms. The first-order valence-electron chi connectivity index (χ1n) is 9.46. The lowest BCUT2D eigenvalue weighted by molar-refractivity contribution is -0.149. The average molecular weight is 362 g/mol. The zero-order chi connectivity index (χ0) is 18.3. The van der Waals surface area contributed by atoms with Crippen LogP contribution in [0.3, 0.4) is 0 Å². The van der Waals surface area contributed by atoms with Crippen molar-refractivity contribution < 1.29 is 19.4 Å². The van der Waals surface area contributed by atoms with Crippen LogP contribution in [0, 0.1) is 11.3 Å². The van der Waals surface area contributed by atoms with Crippen molar-refractivity contribution >= 4 is 12.0 Å². The van der Waals surface area contributed by atoms with Gasteiger partial charge in [0.25, 0.3) is 0 Å². The van der Waals surface area contributed by atoms with Gasteiger partial charge in [0.05, 0.1) is 17.7 Å². The van der Waals surface area contributed by atoms with E-state index in [-0.39, 0.29) is 24.1 Å². The molecular formula is C18H26N4O4. The minimum Gasteiger partial charge on any atom is -0.481 e. The van der Waals surface area contributed by atoms with Gasteiger partial charge in [0.2, 0.25) is 0 Å². The van der Waals surface area contributed by atoms with E-state index in [9.17, 15) is 14.7 Å². The van der Waals surface area contributed by atoms with Crippen LogP contribution < -0.4 is 5.32 Å². The number of carbonyl (C=O) groups is 2. The van der Waals surface area contributed by atoms with Gasteiger partial charge in [-0.2, -0.15) is 5.10 Å². The number of carbonyl (C=O) groups excluding carboxylic acids is 1. The Morgan fingerprint density at radius 3 is 3.00 bits per heavy atom. The number of nitrogens with zero attached hydrogens (tertiary/aromatic N) is 3. The number of rotatable bonds is 4. The van der Waals surface area contributed by atoms with Crippen LogP contribution in [-0.4, -0.2) is 57.5 Å². The van der Waals surface area contributed by atoms with E-state index in [4.69, 9.17) is 4.74 Å². The van der Waals surface area contributed by atoms with Crippen LogP contribution >= 0.6 is 0 Å². The smallest absolute Gasteiger partial charge is 0.317 e. The van der Waals surface area contributed by atoms with Gasteiger partial charge in [-0.05, 0) is 32.1 Å². The van der Waals surface area contributed by atoms with Gasteiger partial charge in [-0.15, -0.1) is 0 Å². The van der Waals surface area contributed by atoms with Gasteiger partial charge in [-0.1, -0.05) is 6.42 Å². The summed E-state index contributed by atoms with van der Waals surface area (Å²) >= 11 is 0. The molecule has 3 fully saturated rings. The summed E-state index contributed by atoms with van der Waals surface area (Å²) in [6, 6.07) is -0.290. The number of hydrogen-bond donors (Lipinski definition) is 2. The van der Waals surface area contributed by atoms with Gasteiger partial charge >= 0.3 is 12.0 Å². The zero-order valence-electron chi connectivity index (χ0n) is 15.1. The number of likely N-dealkylation sites (tertiary alicyclic amines) is 1. The molecule has 2 aliphatic heterocycles. The average Bonchev–Trinajstić information content (AvgIpc) is 3.36. The normalized spacial score (nSPS) is 33.4. The number of urea groups is 1. The molecule has 0 unspecified atom stereocenters. The maximum absolute atomic E-state index is 12.8. The second-order valence-electron chi connectivity index (χ2n) is 7.70. The van der Waals surface area contributed by atoms with Crippen molar-refractivity contribution in [1.82, 2.24) is 20.0 Å².